The first-order valence-electron chi connectivity index (χ1n) is 6.78. The van der Waals surface area contributed by atoms with Gasteiger partial charge in [0.25, 0.3) is 0 Å². The van der Waals surface area contributed by atoms with Crippen molar-refractivity contribution in [2.45, 2.75) is 0 Å². The lowest BCUT2D eigenvalue weighted by Gasteiger charge is -2.05. The molecule has 0 radical (unpaired) electrons. The van der Waals surface area contributed by atoms with Gasteiger partial charge in [0, 0.05) is 16.3 Å². The van der Waals surface area contributed by atoms with Gasteiger partial charge in [-0.3, -0.25) is 0 Å². The van der Waals surface area contributed by atoms with Crippen LogP contribution in [-0.2, 0) is 0 Å². The van der Waals surface area contributed by atoms with Crippen LogP contribution in [-0.4, -0.2) is 0 Å². The van der Waals surface area contributed by atoms with Gasteiger partial charge >= 0.3 is 0 Å². The van der Waals surface area contributed by atoms with E-state index in [1.165, 1.54) is 0 Å². The Morgan fingerprint density at radius 2 is 1.43 bits per heavy atom. The molecule has 4 rings (SSSR count). The second kappa shape index (κ2) is 4.50. The second-order valence-corrected chi connectivity index (χ2v) is 4.93. The van der Waals surface area contributed by atoms with Crippen molar-refractivity contribution in [3.63, 3.8) is 0 Å². The molecule has 0 fully saturated rings. The molecular formula is C19H11NO. The van der Waals surface area contributed by atoms with E-state index in [4.69, 9.17) is 4.42 Å². The molecule has 3 aromatic carbocycles. The topological polar surface area (TPSA) is 36.9 Å². The highest BCUT2D eigenvalue weighted by Gasteiger charge is 2.13. The molecule has 2 heteroatoms. The maximum absolute atomic E-state index is 9.34. The summed E-state index contributed by atoms with van der Waals surface area (Å²) >= 11 is 0. The van der Waals surface area contributed by atoms with E-state index < -0.39 is 0 Å². The van der Waals surface area contributed by atoms with E-state index in [9.17, 15) is 5.26 Å². The minimum atomic E-state index is 0.676. The molecule has 0 atom stereocenters. The number of furan rings is 1. The Labute approximate surface area is 121 Å². The van der Waals surface area contributed by atoms with E-state index in [1.807, 2.05) is 60.7 Å². The Morgan fingerprint density at radius 1 is 0.714 bits per heavy atom. The van der Waals surface area contributed by atoms with Crippen LogP contribution < -0.4 is 0 Å². The number of hydrogen-bond donors (Lipinski definition) is 0. The lowest BCUT2D eigenvalue weighted by molar-refractivity contribution is 0.669. The fourth-order valence-electron chi connectivity index (χ4n) is 2.81. The van der Waals surface area contributed by atoms with Crippen LogP contribution in [0.4, 0.5) is 0 Å². The molecule has 0 aliphatic rings. The van der Waals surface area contributed by atoms with E-state index in [-0.39, 0.29) is 0 Å². The number of benzene rings is 3. The number of rotatable bonds is 1. The van der Waals surface area contributed by atoms with Gasteiger partial charge in [0.05, 0.1) is 11.6 Å². The Balaban J connectivity index is 2.17. The number of nitrogens with zero attached hydrogens (tertiary/aromatic N) is 1. The van der Waals surface area contributed by atoms with Crippen molar-refractivity contribution >= 4 is 21.9 Å². The predicted octanol–water partition coefficient (Wildman–Crippen LogP) is 5.12. The van der Waals surface area contributed by atoms with Gasteiger partial charge in [-0.2, -0.15) is 5.26 Å². The molecule has 0 N–H and O–H groups in total. The van der Waals surface area contributed by atoms with Crippen molar-refractivity contribution in [1.29, 1.82) is 5.26 Å². The van der Waals surface area contributed by atoms with Crippen LogP contribution >= 0.6 is 0 Å². The van der Waals surface area contributed by atoms with Crippen LogP contribution in [0.1, 0.15) is 5.56 Å². The number of nitriles is 1. The molecule has 0 aliphatic carbocycles. The van der Waals surface area contributed by atoms with Crippen LogP contribution in [0.3, 0.4) is 0 Å². The Hall–Kier alpha value is -3.05. The van der Waals surface area contributed by atoms with E-state index in [1.54, 1.807) is 0 Å². The Kier molecular flexibility index (Phi) is 2.52. The first kappa shape index (κ1) is 11.7. The van der Waals surface area contributed by atoms with E-state index in [0.29, 0.717) is 5.56 Å². The molecule has 2 nitrogen and oxygen atoms in total. The highest BCUT2D eigenvalue weighted by molar-refractivity contribution is 6.12. The highest BCUT2D eigenvalue weighted by Crippen LogP contribution is 2.37. The molecule has 0 aliphatic heterocycles. The average Bonchev–Trinajstić information content (AvgIpc) is 2.93. The predicted molar refractivity (Wildman–Crippen MR) is 83.9 cm³/mol. The van der Waals surface area contributed by atoms with Gasteiger partial charge in [0.15, 0.2) is 0 Å². The lowest BCUT2D eigenvalue weighted by Crippen LogP contribution is -1.84. The van der Waals surface area contributed by atoms with Crippen molar-refractivity contribution in [3.05, 3.63) is 72.3 Å². The van der Waals surface area contributed by atoms with E-state index in [0.717, 1.165) is 33.1 Å². The molecular weight excluding hydrogens is 258 g/mol. The minimum absolute atomic E-state index is 0.676. The zero-order valence-electron chi connectivity index (χ0n) is 11.2. The average molecular weight is 269 g/mol. The molecule has 21 heavy (non-hydrogen) atoms. The van der Waals surface area contributed by atoms with Crippen LogP contribution in [0.5, 0.6) is 0 Å². The minimum Gasteiger partial charge on any atom is -0.456 e. The third-order valence-corrected chi connectivity index (χ3v) is 3.74. The summed E-state index contributed by atoms with van der Waals surface area (Å²) in [6.07, 6.45) is 0. The molecule has 4 aromatic rings. The molecule has 0 unspecified atom stereocenters. The van der Waals surface area contributed by atoms with Crippen molar-refractivity contribution in [2.75, 3.05) is 0 Å². The number of hydrogen-bond acceptors (Lipinski definition) is 2. The van der Waals surface area contributed by atoms with Gasteiger partial charge in [-0.1, -0.05) is 48.5 Å². The smallest absolute Gasteiger partial charge is 0.136 e. The summed E-state index contributed by atoms with van der Waals surface area (Å²) in [5.41, 5.74) is 4.37. The van der Waals surface area contributed by atoms with Crippen LogP contribution in [0.25, 0.3) is 33.1 Å². The van der Waals surface area contributed by atoms with Gasteiger partial charge < -0.3 is 4.42 Å². The molecule has 98 valence electrons. The quantitative estimate of drug-likeness (QED) is 0.480. The summed E-state index contributed by atoms with van der Waals surface area (Å²) in [5.74, 6) is 0. The normalized spacial score (nSPS) is 10.8. The zero-order chi connectivity index (χ0) is 14.2. The first-order chi connectivity index (χ1) is 10.4. The van der Waals surface area contributed by atoms with Crippen LogP contribution in [0.2, 0.25) is 0 Å². The zero-order valence-corrected chi connectivity index (χ0v) is 11.2. The molecule has 0 amide bonds. The van der Waals surface area contributed by atoms with Gasteiger partial charge in [0.1, 0.15) is 11.2 Å². The van der Waals surface area contributed by atoms with E-state index in [2.05, 4.69) is 12.1 Å². The Morgan fingerprint density at radius 3 is 2.33 bits per heavy atom. The summed E-state index contributed by atoms with van der Waals surface area (Å²) in [6, 6.07) is 23.9. The van der Waals surface area contributed by atoms with E-state index >= 15 is 0 Å². The SMILES string of the molecule is N#Cc1ccccc1-c1cccc2oc3ccccc3c12. The van der Waals surface area contributed by atoms with Gasteiger partial charge in [-0.15, -0.1) is 0 Å². The lowest BCUT2D eigenvalue weighted by atomic mass is 9.96. The molecule has 0 spiro atoms. The third-order valence-electron chi connectivity index (χ3n) is 3.74. The Bertz CT molecular complexity index is 1000. The molecule has 0 saturated carbocycles. The molecule has 0 bridgehead atoms. The first-order valence-corrected chi connectivity index (χ1v) is 6.78. The fourth-order valence-corrected chi connectivity index (χ4v) is 2.81. The fraction of sp³-hybridized carbons (Fsp3) is 0. The number of para-hydroxylation sites is 1. The molecule has 1 heterocycles. The van der Waals surface area contributed by atoms with Gasteiger partial charge in [-0.05, 0) is 23.8 Å². The van der Waals surface area contributed by atoms with Crippen molar-refractivity contribution in [2.24, 2.45) is 0 Å². The maximum Gasteiger partial charge on any atom is 0.136 e. The van der Waals surface area contributed by atoms with Gasteiger partial charge in [-0.25, -0.2) is 0 Å². The van der Waals surface area contributed by atoms with Gasteiger partial charge in [0.2, 0.25) is 0 Å². The summed E-state index contributed by atoms with van der Waals surface area (Å²) < 4.78 is 5.91. The highest BCUT2D eigenvalue weighted by atomic mass is 16.3. The summed E-state index contributed by atoms with van der Waals surface area (Å²) in [4.78, 5) is 0. The largest absolute Gasteiger partial charge is 0.456 e. The van der Waals surface area contributed by atoms with Crippen molar-refractivity contribution in [3.8, 4) is 17.2 Å². The maximum atomic E-state index is 9.34. The number of fused-ring (bicyclic) bond motifs is 3. The molecule has 0 saturated heterocycles. The second-order valence-electron chi connectivity index (χ2n) is 4.93. The third kappa shape index (κ3) is 1.72. The van der Waals surface area contributed by atoms with Crippen molar-refractivity contribution < 1.29 is 4.42 Å². The monoisotopic (exact) mass is 269 g/mol. The van der Waals surface area contributed by atoms with Crippen LogP contribution in [0, 0.1) is 11.3 Å². The summed E-state index contributed by atoms with van der Waals surface area (Å²) in [6.45, 7) is 0. The summed E-state index contributed by atoms with van der Waals surface area (Å²) in [5, 5.41) is 11.5. The van der Waals surface area contributed by atoms with Crippen molar-refractivity contribution in [1.82, 2.24) is 0 Å². The van der Waals surface area contributed by atoms with Crippen LogP contribution in [0.15, 0.2) is 71.1 Å². The standard InChI is InChI=1S/C19H11NO/c20-12-13-6-1-2-7-14(13)15-9-5-11-18-19(15)16-8-3-4-10-17(16)21-18/h1-11H. The molecule has 1 aromatic heterocycles. The summed E-state index contributed by atoms with van der Waals surface area (Å²) in [7, 11) is 0.